The second-order valence-electron chi connectivity index (χ2n) is 7.94. The highest BCUT2D eigenvalue weighted by molar-refractivity contribution is 5.60. The summed E-state index contributed by atoms with van der Waals surface area (Å²) in [5.74, 6) is 1.62. The Labute approximate surface area is 169 Å². The van der Waals surface area contributed by atoms with Crippen LogP contribution in [0.3, 0.4) is 0 Å². The molecule has 5 nitrogen and oxygen atoms in total. The Hall–Kier alpha value is -2.70. The summed E-state index contributed by atoms with van der Waals surface area (Å²) in [6, 6.07) is 14.9. The molecule has 1 atom stereocenters. The van der Waals surface area contributed by atoms with Gasteiger partial charge in [-0.2, -0.15) is 0 Å². The van der Waals surface area contributed by atoms with E-state index >= 15 is 0 Å². The van der Waals surface area contributed by atoms with E-state index < -0.39 is 0 Å². The number of methoxy groups -OCH3 is 1. The van der Waals surface area contributed by atoms with Gasteiger partial charge in [-0.05, 0) is 48.4 Å². The first kappa shape index (κ1) is 18.3. The molecule has 0 aliphatic carbocycles. The summed E-state index contributed by atoms with van der Waals surface area (Å²) in [4.78, 5) is 6.93. The van der Waals surface area contributed by atoms with Gasteiger partial charge in [0.2, 0.25) is 0 Å². The molecule has 0 amide bonds. The SMILES string of the molecule is COc1ccc(-c2cnc3n2C[C@]2(CCN(Cc4cccc(F)c4)C2)OC3)cc1. The number of nitrogens with zero attached hydrogens (tertiary/aromatic N) is 3. The van der Waals surface area contributed by atoms with Crippen LogP contribution in [0.4, 0.5) is 4.39 Å². The average Bonchev–Trinajstić information content (AvgIpc) is 3.32. The van der Waals surface area contributed by atoms with Gasteiger partial charge in [0.05, 0.1) is 25.5 Å². The van der Waals surface area contributed by atoms with Gasteiger partial charge >= 0.3 is 0 Å². The van der Waals surface area contributed by atoms with Crippen LogP contribution in [0.5, 0.6) is 5.75 Å². The van der Waals surface area contributed by atoms with Gasteiger partial charge in [-0.1, -0.05) is 12.1 Å². The highest BCUT2D eigenvalue weighted by Gasteiger charge is 2.43. The van der Waals surface area contributed by atoms with Crippen LogP contribution in [0.15, 0.2) is 54.7 Å². The van der Waals surface area contributed by atoms with Gasteiger partial charge in [-0.25, -0.2) is 9.37 Å². The van der Waals surface area contributed by atoms with Crippen molar-refractivity contribution in [1.82, 2.24) is 14.5 Å². The largest absolute Gasteiger partial charge is 0.497 e. The fourth-order valence-electron chi connectivity index (χ4n) is 4.45. The van der Waals surface area contributed by atoms with Gasteiger partial charge in [0.15, 0.2) is 0 Å². The first-order chi connectivity index (χ1) is 14.1. The van der Waals surface area contributed by atoms with E-state index in [-0.39, 0.29) is 11.4 Å². The third kappa shape index (κ3) is 3.54. The highest BCUT2D eigenvalue weighted by atomic mass is 19.1. The lowest BCUT2D eigenvalue weighted by molar-refractivity contribution is -0.0821. The Bertz CT molecular complexity index is 1020. The fraction of sp³-hybridized carbons (Fsp3) is 0.348. The van der Waals surface area contributed by atoms with Gasteiger partial charge in [0.1, 0.15) is 29.6 Å². The molecule has 0 N–H and O–H groups in total. The molecule has 1 aromatic heterocycles. The monoisotopic (exact) mass is 393 g/mol. The van der Waals surface area contributed by atoms with Crippen LogP contribution >= 0.6 is 0 Å². The molecule has 2 aromatic carbocycles. The van der Waals surface area contributed by atoms with Gasteiger partial charge in [-0.3, -0.25) is 4.90 Å². The summed E-state index contributed by atoms with van der Waals surface area (Å²) in [6.07, 6.45) is 2.89. The second-order valence-corrected chi connectivity index (χ2v) is 7.94. The summed E-state index contributed by atoms with van der Waals surface area (Å²) in [5.41, 5.74) is 3.01. The first-order valence-corrected chi connectivity index (χ1v) is 9.94. The van der Waals surface area contributed by atoms with Crippen molar-refractivity contribution in [3.63, 3.8) is 0 Å². The molecular weight excluding hydrogens is 369 g/mol. The lowest BCUT2D eigenvalue weighted by Crippen LogP contribution is -2.44. The predicted molar refractivity (Wildman–Crippen MR) is 108 cm³/mol. The van der Waals surface area contributed by atoms with Crippen molar-refractivity contribution in [1.29, 1.82) is 0 Å². The quantitative estimate of drug-likeness (QED) is 0.675. The maximum Gasteiger partial charge on any atom is 0.135 e. The van der Waals surface area contributed by atoms with E-state index in [0.29, 0.717) is 6.61 Å². The third-order valence-corrected chi connectivity index (χ3v) is 5.97. The smallest absolute Gasteiger partial charge is 0.135 e. The molecule has 29 heavy (non-hydrogen) atoms. The normalized spacial score (nSPS) is 21.4. The molecule has 3 aromatic rings. The molecule has 0 radical (unpaired) electrons. The molecule has 6 heteroatoms. The number of imidazole rings is 1. The molecule has 1 fully saturated rings. The maximum absolute atomic E-state index is 13.5. The number of ether oxygens (including phenoxy) is 2. The second kappa shape index (κ2) is 7.28. The maximum atomic E-state index is 13.5. The molecular formula is C23H24FN3O2. The van der Waals surface area contributed by atoms with Gasteiger partial charge in [-0.15, -0.1) is 0 Å². The van der Waals surface area contributed by atoms with Crippen molar-refractivity contribution in [2.45, 2.75) is 31.7 Å². The van der Waals surface area contributed by atoms with Crippen LogP contribution in [0.25, 0.3) is 11.3 Å². The molecule has 150 valence electrons. The summed E-state index contributed by atoms with van der Waals surface area (Å²) in [5, 5.41) is 0. The lowest BCUT2D eigenvalue weighted by atomic mass is 10.0. The topological polar surface area (TPSA) is 39.5 Å². The van der Waals surface area contributed by atoms with Crippen molar-refractivity contribution in [2.24, 2.45) is 0 Å². The molecule has 5 rings (SSSR count). The molecule has 3 heterocycles. The van der Waals surface area contributed by atoms with Crippen LogP contribution in [0, 0.1) is 5.82 Å². The fourth-order valence-corrected chi connectivity index (χ4v) is 4.45. The standard InChI is InChI=1S/C23H24FN3O2/c1-28-20-7-5-18(6-8-20)21-12-25-22-14-29-23(16-27(21)22)9-10-26(15-23)13-17-3-2-4-19(24)11-17/h2-8,11-12H,9-10,13-16H2,1H3/t23-/m1/s1. The Balaban J connectivity index is 1.34. The lowest BCUT2D eigenvalue weighted by Gasteiger charge is -2.35. The van der Waals surface area contributed by atoms with E-state index in [1.165, 1.54) is 6.07 Å². The number of likely N-dealkylation sites (tertiary alicyclic amines) is 1. The van der Waals surface area contributed by atoms with Gasteiger partial charge < -0.3 is 14.0 Å². The average molecular weight is 393 g/mol. The van der Waals surface area contributed by atoms with Crippen molar-refractivity contribution in [3.05, 3.63) is 71.9 Å². The predicted octanol–water partition coefficient (Wildman–Crippen LogP) is 3.87. The Morgan fingerprint density at radius 2 is 2.03 bits per heavy atom. The molecule has 0 bridgehead atoms. The number of rotatable bonds is 4. The molecule has 0 saturated carbocycles. The minimum Gasteiger partial charge on any atom is -0.497 e. The zero-order chi connectivity index (χ0) is 19.8. The minimum atomic E-state index is -0.220. The molecule has 1 saturated heterocycles. The molecule has 0 unspecified atom stereocenters. The van der Waals surface area contributed by atoms with Crippen LogP contribution in [-0.4, -0.2) is 40.3 Å². The van der Waals surface area contributed by atoms with Crippen LogP contribution in [0.2, 0.25) is 0 Å². The number of hydrogen-bond donors (Lipinski definition) is 0. The molecule has 1 spiro atoms. The number of halogens is 1. The van der Waals surface area contributed by atoms with Crippen LogP contribution in [0.1, 0.15) is 17.8 Å². The van der Waals surface area contributed by atoms with Crippen molar-refractivity contribution >= 4 is 0 Å². The highest BCUT2D eigenvalue weighted by Crippen LogP contribution is 2.36. The van der Waals surface area contributed by atoms with Gasteiger partial charge in [0.25, 0.3) is 0 Å². The Kier molecular flexibility index (Phi) is 4.60. The van der Waals surface area contributed by atoms with Crippen molar-refractivity contribution < 1.29 is 13.9 Å². The van der Waals surface area contributed by atoms with E-state index in [1.54, 1.807) is 19.2 Å². The molecule has 2 aliphatic rings. The van der Waals surface area contributed by atoms with E-state index in [1.807, 2.05) is 24.4 Å². The van der Waals surface area contributed by atoms with Crippen LogP contribution in [-0.2, 0) is 24.4 Å². The van der Waals surface area contributed by atoms with Crippen molar-refractivity contribution in [3.8, 4) is 17.0 Å². The van der Waals surface area contributed by atoms with Gasteiger partial charge in [0, 0.05) is 25.2 Å². The zero-order valence-corrected chi connectivity index (χ0v) is 16.5. The van der Waals surface area contributed by atoms with Crippen molar-refractivity contribution in [2.75, 3.05) is 20.2 Å². The number of fused-ring (bicyclic) bond motifs is 1. The number of hydrogen-bond acceptors (Lipinski definition) is 4. The van der Waals surface area contributed by atoms with E-state index in [4.69, 9.17) is 9.47 Å². The van der Waals surface area contributed by atoms with Crippen LogP contribution < -0.4 is 4.74 Å². The summed E-state index contributed by atoms with van der Waals surface area (Å²) >= 11 is 0. The third-order valence-electron chi connectivity index (χ3n) is 5.97. The molecule has 2 aliphatic heterocycles. The first-order valence-electron chi connectivity index (χ1n) is 9.94. The van der Waals surface area contributed by atoms with E-state index in [0.717, 1.165) is 61.0 Å². The number of benzene rings is 2. The summed E-state index contributed by atoms with van der Waals surface area (Å²) in [6.45, 7) is 3.82. The summed E-state index contributed by atoms with van der Waals surface area (Å²) < 4.78 is 27.4. The number of aromatic nitrogens is 2. The zero-order valence-electron chi connectivity index (χ0n) is 16.5. The van der Waals surface area contributed by atoms with E-state index in [2.05, 4.69) is 26.6 Å². The minimum absolute atomic E-state index is 0.183. The Morgan fingerprint density at radius 3 is 2.83 bits per heavy atom. The summed E-state index contributed by atoms with van der Waals surface area (Å²) in [7, 11) is 1.67. The Morgan fingerprint density at radius 1 is 1.17 bits per heavy atom. The van der Waals surface area contributed by atoms with E-state index in [9.17, 15) is 4.39 Å².